The van der Waals surface area contributed by atoms with E-state index in [1.165, 1.54) is 6.08 Å². The first kappa shape index (κ1) is 14.6. The number of hydrogen-bond acceptors (Lipinski definition) is 3. The molecule has 1 heterocycles. The van der Waals surface area contributed by atoms with Crippen LogP contribution >= 0.6 is 11.3 Å². The topological polar surface area (TPSA) is 42.0 Å². The number of aromatic nitrogens is 1. The Morgan fingerprint density at radius 1 is 1.44 bits per heavy atom. The lowest BCUT2D eigenvalue weighted by atomic mass is 9.93. The Morgan fingerprint density at radius 2 is 2.17 bits per heavy atom. The average molecular weight is 264 g/mol. The Kier molecular flexibility index (Phi) is 5.28. The van der Waals surface area contributed by atoms with Gasteiger partial charge in [-0.25, -0.2) is 4.98 Å². The van der Waals surface area contributed by atoms with Crippen molar-refractivity contribution in [3.05, 3.63) is 40.4 Å². The van der Waals surface area contributed by atoms with Crippen molar-refractivity contribution < 1.29 is 4.79 Å². The maximum Gasteiger partial charge on any atom is 0.244 e. The van der Waals surface area contributed by atoms with Crippen LogP contribution in [0.25, 0.3) is 0 Å². The fraction of sp³-hybridized carbons (Fsp3) is 0.429. The molecule has 0 radical (unpaired) electrons. The van der Waals surface area contributed by atoms with Crippen molar-refractivity contribution in [1.29, 1.82) is 0 Å². The highest BCUT2D eigenvalue weighted by molar-refractivity contribution is 7.09. The van der Waals surface area contributed by atoms with Gasteiger partial charge in [0.1, 0.15) is 5.01 Å². The molecule has 0 aliphatic heterocycles. The van der Waals surface area contributed by atoms with E-state index in [0.717, 1.165) is 10.7 Å². The molecular weight excluding hydrogens is 244 g/mol. The predicted octanol–water partition coefficient (Wildman–Crippen LogP) is 3.19. The van der Waals surface area contributed by atoms with E-state index in [4.69, 9.17) is 0 Å². The van der Waals surface area contributed by atoms with Crippen LogP contribution in [0, 0.1) is 0 Å². The van der Waals surface area contributed by atoms with Crippen LogP contribution in [0.5, 0.6) is 0 Å². The standard InChI is InChI=1S/C14H20N2OS/c1-5-6-7-8-12(17)15-9-13-16-11(10-18-13)14(2,3)4/h5-8,10H,9H2,1-4H3,(H,15,17)/b6-5+,8-7+. The summed E-state index contributed by atoms with van der Waals surface area (Å²) >= 11 is 1.58. The van der Waals surface area contributed by atoms with E-state index in [2.05, 4.69) is 36.5 Å². The maximum absolute atomic E-state index is 11.4. The molecule has 1 aromatic heterocycles. The van der Waals surface area contributed by atoms with Crippen molar-refractivity contribution in [3.8, 4) is 0 Å². The van der Waals surface area contributed by atoms with E-state index in [1.807, 2.05) is 19.1 Å². The van der Waals surface area contributed by atoms with Crippen LogP contribution < -0.4 is 5.32 Å². The summed E-state index contributed by atoms with van der Waals surface area (Å²) in [4.78, 5) is 16.0. The second kappa shape index (κ2) is 6.50. The third kappa shape index (κ3) is 4.84. The molecule has 3 nitrogen and oxygen atoms in total. The highest BCUT2D eigenvalue weighted by atomic mass is 32.1. The van der Waals surface area contributed by atoms with Crippen LogP contribution in [0.15, 0.2) is 29.7 Å². The zero-order chi connectivity index (χ0) is 13.6. The molecule has 0 spiro atoms. The smallest absolute Gasteiger partial charge is 0.244 e. The lowest BCUT2D eigenvalue weighted by Gasteiger charge is -2.14. The first-order chi connectivity index (χ1) is 8.43. The van der Waals surface area contributed by atoms with Gasteiger partial charge in [0.2, 0.25) is 5.91 Å². The summed E-state index contributed by atoms with van der Waals surface area (Å²) in [5.74, 6) is -0.0967. The van der Waals surface area contributed by atoms with Crippen LogP contribution in [0.3, 0.4) is 0 Å². The van der Waals surface area contributed by atoms with Crippen LogP contribution in [-0.2, 0) is 16.8 Å². The molecule has 1 amide bonds. The number of carbonyl (C=O) groups excluding carboxylic acids is 1. The highest BCUT2D eigenvalue weighted by Gasteiger charge is 2.17. The Labute approximate surface area is 113 Å². The van der Waals surface area contributed by atoms with Gasteiger partial charge in [-0.1, -0.05) is 39.0 Å². The maximum atomic E-state index is 11.4. The van der Waals surface area contributed by atoms with Gasteiger partial charge in [-0.3, -0.25) is 4.79 Å². The van der Waals surface area contributed by atoms with Gasteiger partial charge in [0, 0.05) is 16.9 Å². The summed E-state index contributed by atoms with van der Waals surface area (Å²) in [5, 5.41) is 5.80. The van der Waals surface area contributed by atoms with Crippen LogP contribution in [0.2, 0.25) is 0 Å². The number of thiazole rings is 1. The van der Waals surface area contributed by atoms with Gasteiger partial charge in [-0.05, 0) is 6.92 Å². The monoisotopic (exact) mass is 264 g/mol. The number of rotatable bonds is 4. The molecule has 18 heavy (non-hydrogen) atoms. The summed E-state index contributed by atoms with van der Waals surface area (Å²) in [7, 11) is 0. The Bertz CT molecular complexity index is 453. The lowest BCUT2D eigenvalue weighted by Crippen LogP contribution is -2.20. The van der Waals surface area contributed by atoms with E-state index >= 15 is 0 Å². The van der Waals surface area contributed by atoms with Gasteiger partial charge < -0.3 is 5.32 Å². The molecule has 0 unspecified atom stereocenters. The van der Waals surface area contributed by atoms with Crippen LogP contribution in [-0.4, -0.2) is 10.9 Å². The molecule has 0 aliphatic rings. The summed E-state index contributed by atoms with van der Waals surface area (Å²) in [5.41, 5.74) is 1.13. The molecule has 0 saturated carbocycles. The van der Waals surface area contributed by atoms with E-state index < -0.39 is 0 Å². The molecule has 0 aromatic carbocycles. The van der Waals surface area contributed by atoms with Crippen molar-refractivity contribution >= 4 is 17.2 Å². The Hall–Kier alpha value is -1.42. The number of amides is 1. The van der Waals surface area contributed by atoms with Crippen molar-refractivity contribution in [2.24, 2.45) is 0 Å². The van der Waals surface area contributed by atoms with Crippen LogP contribution in [0.4, 0.5) is 0 Å². The zero-order valence-electron chi connectivity index (χ0n) is 11.4. The first-order valence-electron chi connectivity index (χ1n) is 5.95. The largest absolute Gasteiger partial charge is 0.346 e. The SMILES string of the molecule is C/C=C/C=C/C(=O)NCc1nc(C(C)(C)C)cs1. The van der Waals surface area contributed by atoms with Gasteiger partial charge in [0.05, 0.1) is 12.2 Å². The Balaban J connectivity index is 2.49. The van der Waals surface area contributed by atoms with Crippen molar-refractivity contribution in [2.45, 2.75) is 39.7 Å². The fourth-order valence-corrected chi connectivity index (χ4v) is 2.17. The molecule has 0 atom stereocenters. The second-order valence-corrected chi connectivity index (χ2v) is 5.92. The summed E-state index contributed by atoms with van der Waals surface area (Å²) in [6.45, 7) is 8.78. The first-order valence-corrected chi connectivity index (χ1v) is 6.83. The van der Waals surface area contributed by atoms with Crippen molar-refractivity contribution in [3.63, 3.8) is 0 Å². The molecule has 1 N–H and O–H groups in total. The molecule has 1 aromatic rings. The number of nitrogens with one attached hydrogen (secondary N) is 1. The minimum atomic E-state index is -0.0967. The van der Waals surface area contributed by atoms with E-state index in [9.17, 15) is 4.79 Å². The third-order valence-electron chi connectivity index (χ3n) is 2.29. The molecule has 0 saturated heterocycles. The molecule has 0 bridgehead atoms. The van der Waals surface area contributed by atoms with Gasteiger partial charge >= 0.3 is 0 Å². The zero-order valence-corrected chi connectivity index (χ0v) is 12.2. The number of hydrogen-bond donors (Lipinski definition) is 1. The van der Waals surface area contributed by atoms with E-state index in [1.54, 1.807) is 17.4 Å². The van der Waals surface area contributed by atoms with Gasteiger partial charge in [0.25, 0.3) is 0 Å². The summed E-state index contributed by atoms with van der Waals surface area (Å²) in [6, 6.07) is 0. The molecule has 1 rings (SSSR count). The lowest BCUT2D eigenvalue weighted by molar-refractivity contribution is -0.116. The number of carbonyl (C=O) groups is 1. The summed E-state index contributed by atoms with van der Waals surface area (Å²) in [6.07, 6.45) is 6.93. The molecule has 4 heteroatoms. The van der Waals surface area contributed by atoms with Crippen LogP contribution in [0.1, 0.15) is 38.4 Å². The second-order valence-electron chi connectivity index (χ2n) is 4.98. The molecule has 0 fully saturated rings. The van der Waals surface area contributed by atoms with Crippen molar-refractivity contribution in [1.82, 2.24) is 10.3 Å². The fourth-order valence-electron chi connectivity index (χ4n) is 1.21. The third-order valence-corrected chi connectivity index (χ3v) is 3.13. The van der Waals surface area contributed by atoms with Crippen molar-refractivity contribution in [2.75, 3.05) is 0 Å². The van der Waals surface area contributed by atoms with E-state index in [0.29, 0.717) is 6.54 Å². The minimum absolute atomic E-state index is 0.0601. The average Bonchev–Trinajstić information content (AvgIpc) is 2.75. The van der Waals surface area contributed by atoms with Gasteiger partial charge in [-0.2, -0.15) is 0 Å². The summed E-state index contributed by atoms with van der Waals surface area (Å²) < 4.78 is 0. The van der Waals surface area contributed by atoms with Gasteiger partial charge in [0.15, 0.2) is 0 Å². The van der Waals surface area contributed by atoms with E-state index in [-0.39, 0.29) is 11.3 Å². The highest BCUT2D eigenvalue weighted by Crippen LogP contribution is 2.23. The number of allylic oxidation sites excluding steroid dienone is 3. The quantitative estimate of drug-likeness (QED) is 0.670. The normalized spacial score (nSPS) is 12.4. The predicted molar refractivity (Wildman–Crippen MR) is 76.6 cm³/mol. The molecule has 98 valence electrons. The number of nitrogens with zero attached hydrogens (tertiary/aromatic N) is 1. The van der Waals surface area contributed by atoms with Gasteiger partial charge in [-0.15, -0.1) is 11.3 Å². The Morgan fingerprint density at radius 3 is 2.72 bits per heavy atom. The molecular formula is C14H20N2OS. The molecule has 0 aliphatic carbocycles. The minimum Gasteiger partial charge on any atom is -0.346 e.